The summed E-state index contributed by atoms with van der Waals surface area (Å²) in [6.07, 6.45) is 1.79. The summed E-state index contributed by atoms with van der Waals surface area (Å²) >= 11 is 0. The second-order valence-electron chi connectivity index (χ2n) is 4.36. The predicted molar refractivity (Wildman–Crippen MR) is 55.6 cm³/mol. The highest BCUT2D eigenvalue weighted by atomic mass is 32.2. The summed E-state index contributed by atoms with van der Waals surface area (Å²) < 4.78 is 26.7. The Morgan fingerprint density at radius 3 is 2.64 bits per heavy atom. The maximum absolute atomic E-state index is 10.9. The molecular formula is C9H19NO3S. The summed E-state index contributed by atoms with van der Waals surface area (Å²) in [6, 6.07) is 0. The molecule has 0 aliphatic carbocycles. The molecule has 0 bridgehead atoms. The Balaban J connectivity index is 2.34. The van der Waals surface area contributed by atoms with Gasteiger partial charge in [0.1, 0.15) is 0 Å². The Hall–Kier alpha value is -0.130. The molecule has 0 aromatic carbocycles. The van der Waals surface area contributed by atoms with E-state index in [-0.39, 0.29) is 6.10 Å². The molecule has 0 spiro atoms. The summed E-state index contributed by atoms with van der Waals surface area (Å²) in [5.41, 5.74) is 0. The van der Waals surface area contributed by atoms with E-state index in [0.29, 0.717) is 5.92 Å². The summed E-state index contributed by atoms with van der Waals surface area (Å²) in [4.78, 5) is 2.25. The van der Waals surface area contributed by atoms with Crippen LogP contribution in [0, 0.1) is 5.92 Å². The van der Waals surface area contributed by atoms with Crippen LogP contribution in [0.3, 0.4) is 0 Å². The quantitative estimate of drug-likeness (QED) is 0.655. The van der Waals surface area contributed by atoms with E-state index >= 15 is 0 Å². The lowest BCUT2D eigenvalue weighted by Gasteiger charge is -2.17. The zero-order valence-electron chi connectivity index (χ0n) is 9.06. The van der Waals surface area contributed by atoms with Gasteiger partial charge in [0.05, 0.1) is 12.4 Å². The molecule has 14 heavy (non-hydrogen) atoms. The highest BCUT2D eigenvalue weighted by Gasteiger charge is 2.26. The molecule has 84 valence electrons. The molecule has 5 heteroatoms. The molecule has 0 aromatic rings. The molecule has 0 amide bonds. The molecule has 1 rings (SSSR count). The first kappa shape index (κ1) is 11.9. The largest absolute Gasteiger partial charge is 0.300 e. The maximum atomic E-state index is 10.9. The minimum absolute atomic E-state index is 0.135. The number of nitrogens with zero attached hydrogens (tertiary/aromatic N) is 1. The molecule has 1 aliphatic rings. The van der Waals surface area contributed by atoms with Crippen molar-refractivity contribution in [2.24, 2.45) is 5.92 Å². The first-order chi connectivity index (χ1) is 6.37. The Labute approximate surface area is 86.4 Å². The fourth-order valence-corrected chi connectivity index (χ4v) is 2.46. The van der Waals surface area contributed by atoms with Gasteiger partial charge < -0.3 is 4.90 Å². The van der Waals surface area contributed by atoms with Gasteiger partial charge in [-0.15, -0.1) is 0 Å². The van der Waals surface area contributed by atoms with Gasteiger partial charge in [0.25, 0.3) is 10.1 Å². The third-order valence-electron chi connectivity index (χ3n) is 2.16. The molecule has 1 aliphatic heterocycles. The first-order valence-corrected chi connectivity index (χ1v) is 6.79. The van der Waals surface area contributed by atoms with E-state index < -0.39 is 10.1 Å². The van der Waals surface area contributed by atoms with Gasteiger partial charge in [-0.2, -0.15) is 8.42 Å². The molecule has 0 N–H and O–H groups in total. The van der Waals surface area contributed by atoms with Crippen LogP contribution in [0.1, 0.15) is 20.3 Å². The third kappa shape index (κ3) is 4.39. The molecule has 0 aromatic heterocycles. The Morgan fingerprint density at radius 1 is 1.50 bits per heavy atom. The Bertz CT molecular complexity index is 274. The van der Waals surface area contributed by atoms with E-state index in [4.69, 9.17) is 4.18 Å². The molecule has 4 nitrogen and oxygen atoms in total. The average Bonchev–Trinajstić information content (AvgIpc) is 2.30. The molecule has 0 radical (unpaired) electrons. The standard InChI is InChI=1S/C9H19NO3S/c1-8(2)6-10-5-4-9(7-10)13-14(3,11)12/h8-9H,4-7H2,1-3H3/t9-/m1/s1. The van der Waals surface area contributed by atoms with Gasteiger partial charge in [0.15, 0.2) is 0 Å². The lowest BCUT2D eigenvalue weighted by atomic mass is 10.2. The van der Waals surface area contributed by atoms with E-state index in [0.717, 1.165) is 32.3 Å². The lowest BCUT2D eigenvalue weighted by Crippen LogP contribution is -2.27. The van der Waals surface area contributed by atoms with Crippen LogP contribution in [0.5, 0.6) is 0 Å². The van der Waals surface area contributed by atoms with E-state index in [1.165, 1.54) is 0 Å². The molecule has 1 atom stereocenters. The average molecular weight is 221 g/mol. The van der Waals surface area contributed by atoms with Gasteiger partial charge in [0.2, 0.25) is 0 Å². The predicted octanol–water partition coefficient (Wildman–Crippen LogP) is 0.693. The fourth-order valence-electron chi connectivity index (χ4n) is 1.81. The second-order valence-corrected chi connectivity index (χ2v) is 5.97. The number of hydrogen-bond donors (Lipinski definition) is 0. The van der Waals surface area contributed by atoms with Crippen LogP contribution in [0.15, 0.2) is 0 Å². The van der Waals surface area contributed by atoms with E-state index in [1.54, 1.807) is 0 Å². The number of rotatable bonds is 4. The Morgan fingerprint density at radius 2 is 2.14 bits per heavy atom. The molecular weight excluding hydrogens is 202 g/mol. The van der Waals surface area contributed by atoms with Gasteiger partial charge in [-0.25, -0.2) is 0 Å². The first-order valence-electron chi connectivity index (χ1n) is 4.97. The lowest BCUT2D eigenvalue weighted by molar-refractivity contribution is 0.202. The van der Waals surface area contributed by atoms with Crippen molar-refractivity contribution in [1.82, 2.24) is 4.90 Å². The van der Waals surface area contributed by atoms with Crippen molar-refractivity contribution in [2.45, 2.75) is 26.4 Å². The summed E-state index contributed by atoms with van der Waals surface area (Å²) in [7, 11) is -3.29. The van der Waals surface area contributed by atoms with Gasteiger partial charge in [-0.3, -0.25) is 4.18 Å². The van der Waals surface area contributed by atoms with Crippen LogP contribution < -0.4 is 0 Å². The Kier molecular flexibility index (Phi) is 3.92. The van der Waals surface area contributed by atoms with Crippen molar-refractivity contribution in [3.63, 3.8) is 0 Å². The van der Waals surface area contributed by atoms with Crippen LogP contribution in [-0.2, 0) is 14.3 Å². The highest BCUT2D eigenvalue weighted by molar-refractivity contribution is 7.86. The van der Waals surface area contributed by atoms with Crippen LogP contribution in [0.2, 0.25) is 0 Å². The normalized spacial score (nSPS) is 24.7. The maximum Gasteiger partial charge on any atom is 0.264 e. The van der Waals surface area contributed by atoms with Crippen LogP contribution >= 0.6 is 0 Å². The van der Waals surface area contributed by atoms with E-state index in [2.05, 4.69) is 18.7 Å². The number of likely N-dealkylation sites (tertiary alicyclic amines) is 1. The topological polar surface area (TPSA) is 46.6 Å². The summed E-state index contributed by atoms with van der Waals surface area (Å²) in [5, 5.41) is 0. The third-order valence-corrected chi connectivity index (χ3v) is 2.79. The van der Waals surface area contributed by atoms with Crippen molar-refractivity contribution < 1.29 is 12.6 Å². The second kappa shape index (κ2) is 4.59. The zero-order chi connectivity index (χ0) is 10.8. The van der Waals surface area contributed by atoms with Gasteiger partial charge in [0, 0.05) is 19.6 Å². The minimum atomic E-state index is -3.29. The van der Waals surface area contributed by atoms with Gasteiger partial charge >= 0.3 is 0 Å². The summed E-state index contributed by atoms with van der Waals surface area (Å²) in [6.45, 7) is 7.02. The molecule has 0 saturated carbocycles. The van der Waals surface area contributed by atoms with E-state index in [1.807, 2.05) is 0 Å². The van der Waals surface area contributed by atoms with Crippen molar-refractivity contribution in [2.75, 3.05) is 25.9 Å². The van der Waals surface area contributed by atoms with Crippen molar-refractivity contribution in [1.29, 1.82) is 0 Å². The molecule has 1 fully saturated rings. The van der Waals surface area contributed by atoms with Crippen molar-refractivity contribution in [3.05, 3.63) is 0 Å². The molecule has 1 heterocycles. The van der Waals surface area contributed by atoms with Gasteiger partial charge in [-0.05, 0) is 12.3 Å². The minimum Gasteiger partial charge on any atom is -0.300 e. The molecule has 0 unspecified atom stereocenters. The van der Waals surface area contributed by atoms with Gasteiger partial charge in [-0.1, -0.05) is 13.8 Å². The number of hydrogen-bond acceptors (Lipinski definition) is 4. The SMILES string of the molecule is CC(C)CN1CC[C@@H](OS(C)(=O)=O)C1. The molecule has 1 saturated heterocycles. The van der Waals surface area contributed by atoms with Crippen LogP contribution in [0.25, 0.3) is 0 Å². The van der Waals surface area contributed by atoms with Crippen LogP contribution in [0.4, 0.5) is 0 Å². The van der Waals surface area contributed by atoms with Crippen LogP contribution in [-0.4, -0.2) is 45.3 Å². The monoisotopic (exact) mass is 221 g/mol. The van der Waals surface area contributed by atoms with Crippen molar-refractivity contribution >= 4 is 10.1 Å². The summed E-state index contributed by atoms with van der Waals surface area (Å²) in [5.74, 6) is 0.618. The highest BCUT2D eigenvalue weighted by Crippen LogP contribution is 2.15. The smallest absolute Gasteiger partial charge is 0.264 e. The fraction of sp³-hybridized carbons (Fsp3) is 1.00. The zero-order valence-corrected chi connectivity index (χ0v) is 9.88. The van der Waals surface area contributed by atoms with E-state index in [9.17, 15) is 8.42 Å². The van der Waals surface area contributed by atoms with Crippen molar-refractivity contribution in [3.8, 4) is 0 Å².